The topological polar surface area (TPSA) is 84.3 Å². The van der Waals surface area contributed by atoms with Crippen molar-refractivity contribution in [3.05, 3.63) is 46.5 Å². The molecule has 2 aromatic rings. The van der Waals surface area contributed by atoms with Gasteiger partial charge in [0.05, 0.1) is 7.11 Å². The first-order valence-electron chi connectivity index (χ1n) is 9.04. The molecule has 0 atom stereocenters. The number of benzene rings is 1. The molecule has 0 spiro atoms. The second-order valence-electron chi connectivity index (χ2n) is 6.61. The Labute approximate surface area is 153 Å². The number of nitrogens with one attached hydrogen (secondary N) is 1. The van der Waals surface area contributed by atoms with Crippen LogP contribution in [0.25, 0.3) is 0 Å². The second-order valence-corrected chi connectivity index (χ2v) is 6.61. The first-order chi connectivity index (χ1) is 12.6. The molecule has 6 heteroatoms. The highest BCUT2D eigenvalue weighted by atomic mass is 16.5. The van der Waals surface area contributed by atoms with Gasteiger partial charge in [-0.3, -0.25) is 4.79 Å². The van der Waals surface area contributed by atoms with Gasteiger partial charge in [-0.25, -0.2) is 9.97 Å². The summed E-state index contributed by atoms with van der Waals surface area (Å²) in [6, 6.07) is 5.13. The standard InChI is InChI=1S/C20H25N3O3/c1-13-15-4-3-5-16(15)23-19(22-13)10-11-21-20(25)9-7-14-6-8-17(24)18(12-14)26-2/h6,8,12,24H,3-5,7,9-11H2,1-2H3,(H,21,25). The highest BCUT2D eigenvalue weighted by Gasteiger charge is 2.16. The first kappa shape index (κ1) is 18.2. The largest absolute Gasteiger partial charge is 0.504 e. The molecule has 1 amide bonds. The lowest BCUT2D eigenvalue weighted by Gasteiger charge is -2.09. The third kappa shape index (κ3) is 4.31. The Morgan fingerprint density at radius 3 is 2.92 bits per heavy atom. The van der Waals surface area contributed by atoms with Crippen LogP contribution in [0.1, 0.15) is 41.2 Å². The molecule has 26 heavy (non-hydrogen) atoms. The highest BCUT2D eigenvalue weighted by molar-refractivity contribution is 5.76. The minimum absolute atomic E-state index is 0.00470. The van der Waals surface area contributed by atoms with Gasteiger partial charge in [0.25, 0.3) is 0 Å². The minimum atomic E-state index is -0.00470. The average Bonchev–Trinajstić information content (AvgIpc) is 3.10. The van der Waals surface area contributed by atoms with Gasteiger partial charge >= 0.3 is 0 Å². The molecule has 1 aliphatic carbocycles. The molecule has 1 heterocycles. The maximum Gasteiger partial charge on any atom is 0.220 e. The maximum absolute atomic E-state index is 12.0. The summed E-state index contributed by atoms with van der Waals surface area (Å²) >= 11 is 0. The summed E-state index contributed by atoms with van der Waals surface area (Å²) in [4.78, 5) is 21.2. The van der Waals surface area contributed by atoms with Gasteiger partial charge in [0.2, 0.25) is 5.91 Å². The molecule has 6 nitrogen and oxygen atoms in total. The Kier molecular flexibility index (Phi) is 5.71. The predicted molar refractivity (Wildman–Crippen MR) is 98.5 cm³/mol. The van der Waals surface area contributed by atoms with Crippen molar-refractivity contribution in [3.8, 4) is 11.5 Å². The number of hydrogen-bond acceptors (Lipinski definition) is 5. The Bertz CT molecular complexity index is 805. The molecule has 0 saturated carbocycles. The number of phenols is 1. The number of aromatic nitrogens is 2. The average molecular weight is 355 g/mol. The molecule has 0 fully saturated rings. The van der Waals surface area contributed by atoms with Crippen LogP contribution < -0.4 is 10.1 Å². The van der Waals surface area contributed by atoms with Gasteiger partial charge in [0.15, 0.2) is 11.5 Å². The number of phenolic OH excluding ortho intramolecular Hbond substituents is 1. The number of hydrogen-bond donors (Lipinski definition) is 2. The van der Waals surface area contributed by atoms with E-state index in [9.17, 15) is 9.90 Å². The van der Waals surface area contributed by atoms with Crippen molar-refractivity contribution in [1.29, 1.82) is 0 Å². The van der Waals surface area contributed by atoms with E-state index in [0.717, 1.165) is 36.3 Å². The van der Waals surface area contributed by atoms with Crippen molar-refractivity contribution in [2.24, 2.45) is 0 Å². The molecular weight excluding hydrogens is 330 g/mol. The third-order valence-electron chi connectivity index (χ3n) is 4.74. The van der Waals surface area contributed by atoms with Crippen LogP contribution in [0.4, 0.5) is 0 Å². The van der Waals surface area contributed by atoms with Gasteiger partial charge in [-0.2, -0.15) is 0 Å². The van der Waals surface area contributed by atoms with Crippen molar-refractivity contribution >= 4 is 5.91 Å². The fourth-order valence-electron chi connectivity index (χ4n) is 3.33. The molecule has 0 saturated heterocycles. The number of aromatic hydroxyl groups is 1. The van der Waals surface area contributed by atoms with Gasteiger partial charge in [0.1, 0.15) is 5.82 Å². The van der Waals surface area contributed by atoms with E-state index in [2.05, 4.69) is 15.3 Å². The van der Waals surface area contributed by atoms with E-state index >= 15 is 0 Å². The molecule has 1 aromatic carbocycles. The van der Waals surface area contributed by atoms with Crippen LogP contribution in [0.3, 0.4) is 0 Å². The van der Waals surface area contributed by atoms with Crippen molar-refractivity contribution < 1.29 is 14.6 Å². The van der Waals surface area contributed by atoms with Crippen LogP contribution in [0.2, 0.25) is 0 Å². The second kappa shape index (κ2) is 8.17. The van der Waals surface area contributed by atoms with E-state index in [-0.39, 0.29) is 11.7 Å². The summed E-state index contributed by atoms with van der Waals surface area (Å²) in [5.74, 6) is 1.33. The van der Waals surface area contributed by atoms with Crippen molar-refractivity contribution in [3.63, 3.8) is 0 Å². The van der Waals surface area contributed by atoms with Crippen molar-refractivity contribution in [2.45, 2.75) is 45.4 Å². The van der Waals surface area contributed by atoms with E-state index in [1.54, 1.807) is 18.2 Å². The molecule has 1 aliphatic rings. The Morgan fingerprint density at radius 1 is 1.27 bits per heavy atom. The van der Waals surface area contributed by atoms with Crippen molar-refractivity contribution in [2.75, 3.05) is 13.7 Å². The highest BCUT2D eigenvalue weighted by Crippen LogP contribution is 2.26. The fraction of sp³-hybridized carbons (Fsp3) is 0.450. The Balaban J connectivity index is 1.45. The monoisotopic (exact) mass is 355 g/mol. The lowest BCUT2D eigenvalue weighted by atomic mass is 10.1. The van der Waals surface area contributed by atoms with Gasteiger partial charge in [-0.15, -0.1) is 0 Å². The number of carbonyl (C=O) groups excluding carboxylic acids is 1. The summed E-state index contributed by atoms with van der Waals surface area (Å²) < 4.78 is 5.08. The molecular formula is C20H25N3O3. The number of aryl methyl sites for hydroxylation is 3. The summed E-state index contributed by atoms with van der Waals surface area (Å²) in [5, 5.41) is 12.5. The molecule has 1 aromatic heterocycles. The molecule has 0 unspecified atom stereocenters. The number of rotatable bonds is 7. The van der Waals surface area contributed by atoms with E-state index < -0.39 is 0 Å². The summed E-state index contributed by atoms with van der Waals surface area (Å²) in [6.45, 7) is 2.58. The molecule has 0 bridgehead atoms. The number of amides is 1. The molecule has 0 radical (unpaired) electrons. The Hall–Kier alpha value is -2.63. The lowest BCUT2D eigenvalue weighted by Crippen LogP contribution is -2.26. The van der Waals surface area contributed by atoms with Crippen LogP contribution in [0, 0.1) is 6.92 Å². The zero-order valence-corrected chi connectivity index (χ0v) is 15.3. The van der Waals surface area contributed by atoms with Crippen LogP contribution in [0.5, 0.6) is 11.5 Å². The van der Waals surface area contributed by atoms with Gasteiger partial charge in [-0.1, -0.05) is 6.07 Å². The quantitative estimate of drug-likeness (QED) is 0.796. The van der Waals surface area contributed by atoms with Crippen molar-refractivity contribution in [1.82, 2.24) is 15.3 Å². The van der Waals surface area contributed by atoms with Crippen LogP contribution in [-0.4, -0.2) is 34.6 Å². The SMILES string of the molecule is COc1cc(CCC(=O)NCCc2nc(C)c3c(n2)CCC3)ccc1O. The summed E-state index contributed by atoms with van der Waals surface area (Å²) in [7, 11) is 1.51. The molecule has 2 N–H and O–H groups in total. The van der Waals surface area contributed by atoms with Crippen LogP contribution in [0.15, 0.2) is 18.2 Å². The smallest absolute Gasteiger partial charge is 0.220 e. The maximum atomic E-state index is 12.0. The normalized spacial score (nSPS) is 12.7. The molecule has 138 valence electrons. The minimum Gasteiger partial charge on any atom is -0.504 e. The van der Waals surface area contributed by atoms with E-state index in [1.165, 1.54) is 18.4 Å². The fourth-order valence-corrected chi connectivity index (χ4v) is 3.33. The third-order valence-corrected chi connectivity index (χ3v) is 4.74. The number of nitrogens with zero attached hydrogens (tertiary/aromatic N) is 2. The van der Waals surface area contributed by atoms with Crippen LogP contribution >= 0.6 is 0 Å². The first-order valence-corrected chi connectivity index (χ1v) is 9.04. The molecule has 3 rings (SSSR count). The molecule has 0 aliphatic heterocycles. The van der Waals surface area contributed by atoms with Crippen LogP contribution in [-0.2, 0) is 30.5 Å². The predicted octanol–water partition coefficient (Wildman–Crippen LogP) is 2.28. The number of fused-ring (bicyclic) bond motifs is 1. The van der Waals surface area contributed by atoms with E-state index in [4.69, 9.17) is 4.74 Å². The number of ether oxygens (including phenoxy) is 1. The summed E-state index contributed by atoms with van der Waals surface area (Å²) in [5.41, 5.74) is 4.52. The zero-order valence-electron chi connectivity index (χ0n) is 15.3. The lowest BCUT2D eigenvalue weighted by molar-refractivity contribution is -0.121. The number of carbonyl (C=O) groups is 1. The van der Waals surface area contributed by atoms with Gasteiger partial charge < -0.3 is 15.2 Å². The van der Waals surface area contributed by atoms with Gasteiger partial charge in [0, 0.05) is 30.8 Å². The van der Waals surface area contributed by atoms with E-state index in [0.29, 0.717) is 31.6 Å². The Morgan fingerprint density at radius 2 is 2.12 bits per heavy atom. The van der Waals surface area contributed by atoms with E-state index in [1.807, 2.05) is 6.92 Å². The number of methoxy groups -OCH3 is 1. The van der Waals surface area contributed by atoms with Gasteiger partial charge in [-0.05, 0) is 55.9 Å². The summed E-state index contributed by atoms with van der Waals surface area (Å²) in [6.07, 6.45) is 4.91. The zero-order chi connectivity index (χ0) is 18.5.